The smallest absolute Gasteiger partial charge is 0.216 e. The van der Waals surface area contributed by atoms with Crippen LogP contribution in [0.5, 0.6) is 0 Å². The Morgan fingerprint density at radius 2 is 2.00 bits per heavy atom. The Hall–Kier alpha value is -2.62. The standard InChI is InChI=1S/C24H30ClN7O2/c1-16(33)26-10-18-8-21(18)31-13-19(12-27-31)32-22-9-23(20(25)7-17(22)11-28-32)29-3-5-30(6-4-29)24(2)14-34-15-24/h7,9,11-13,18,21H,3-6,8,10,14-15H2,1-2H3,(H,26,33)/t18-,21+/m1/s1. The maximum atomic E-state index is 11.2. The highest BCUT2D eigenvalue weighted by molar-refractivity contribution is 6.34. The van der Waals surface area contributed by atoms with Crippen LogP contribution < -0.4 is 10.2 Å². The molecule has 34 heavy (non-hydrogen) atoms. The maximum Gasteiger partial charge on any atom is 0.216 e. The van der Waals surface area contributed by atoms with Crippen LogP contribution in [0.3, 0.4) is 0 Å². The van der Waals surface area contributed by atoms with Gasteiger partial charge in [-0.05, 0) is 25.5 Å². The number of nitrogens with zero attached hydrogens (tertiary/aromatic N) is 6. The number of anilines is 1. The largest absolute Gasteiger partial charge is 0.377 e. The summed E-state index contributed by atoms with van der Waals surface area (Å²) >= 11 is 6.72. The molecule has 0 bridgehead atoms. The van der Waals surface area contributed by atoms with E-state index in [1.807, 2.05) is 34.0 Å². The molecule has 10 heteroatoms. The SMILES string of the molecule is CC(=O)NC[C@H]1C[C@@H]1n1cc(-n2ncc3cc(Cl)c(N4CCN(C5(C)COC5)CC4)cc32)cn1. The van der Waals surface area contributed by atoms with Crippen LogP contribution >= 0.6 is 11.6 Å². The van der Waals surface area contributed by atoms with E-state index in [0.717, 1.165) is 73.1 Å². The minimum Gasteiger partial charge on any atom is -0.377 e. The fraction of sp³-hybridized carbons (Fsp3) is 0.542. The van der Waals surface area contributed by atoms with Crippen molar-refractivity contribution in [3.8, 4) is 5.69 Å². The molecule has 180 valence electrons. The van der Waals surface area contributed by atoms with E-state index in [2.05, 4.69) is 38.3 Å². The molecule has 2 saturated heterocycles. The van der Waals surface area contributed by atoms with Crippen LogP contribution in [0, 0.1) is 5.92 Å². The van der Waals surface area contributed by atoms with Crippen molar-refractivity contribution in [2.45, 2.75) is 31.8 Å². The number of aromatic nitrogens is 4. The molecule has 2 atom stereocenters. The molecule has 6 rings (SSSR count). The van der Waals surface area contributed by atoms with Crippen molar-refractivity contribution in [3.63, 3.8) is 0 Å². The van der Waals surface area contributed by atoms with Gasteiger partial charge >= 0.3 is 0 Å². The van der Waals surface area contributed by atoms with Crippen LogP contribution in [0.25, 0.3) is 16.6 Å². The third-order valence-corrected chi connectivity index (χ3v) is 7.82. The monoisotopic (exact) mass is 483 g/mol. The topological polar surface area (TPSA) is 80.5 Å². The van der Waals surface area contributed by atoms with E-state index in [1.54, 1.807) is 6.92 Å². The Kier molecular flexibility index (Phi) is 5.31. The Morgan fingerprint density at radius 3 is 2.71 bits per heavy atom. The highest BCUT2D eigenvalue weighted by Gasteiger charge is 2.41. The van der Waals surface area contributed by atoms with E-state index in [9.17, 15) is 4.79 Å². The highest BCUT2D eigenvalue weighted by atomic mass is 35.5. The molecule has 1 amide bonds. The molecule has 2 aromatic heterocycles. The van der Waals surface area contributed by atoms with E-state index in [4.69, 9.17) is 16.3 Å². The van der Waals surface area contributed by atoms with Crippen molar-refractivity contribution in [3.05, 3.63) is 35.7 Å². The van der Waals surface area contributed by atoms with Crippen molar-refractivity contribution in [1.29, 1.82) is 0 Å². The number of hydrogen-bond acceptors (Lipinski definition) is 6. The van der Waals surface area contributed by atoms with E-state index < -0.39 is 0 Å². The van der Waals surface area contributed by atoms with Gasteiger partial charge in [-0.2, -0.15) is 10.2 Å². The molecular formula is C24H30ClN7O2. The molecule has 4 heterocycles. The second-order valence-corrected chi connectivity index (χ2v) is 10.5. The van der Waals surface area contributed by atoms with E-state index in [-0.39, 0.29) is 11.4 Å². The van der Waals surface area contributed by atoms with Gasteiger partial charge in [-0.25, -0.2) is 4.68 Å². The lowest BCUT2D eigenvalue weighted by Crippen LogP contribution is -2.64. The lowest BCUT2D eigenvalue weighted by Gasteiger charge is -2.50. The van der Waals surface area contributed by atoms with Gasteiger partial charge < -0.3 is 15.0 Å². The van der Waals surface area contributed by atoms with E-state index in [1.165, 1.54) is 0 Å². The fourth-order valence-corrected chi connectivity index (χ4v) is 5.51. The summed E-state index contributed by atoms with van der Waals surface area (Å²) in [6, 6.07) is 4.49. The van der Waals surface area contributed by atoms with Crippen LogP contribution in [0.4, 0.5) is 5.69 Å². The Balaban J connectivity index is 1.20. The average molecular weight is 484 g/mol. The number of hydrogen-bond donors (Lipinski definition) is 1. The lowest BCUT2D eigenvalue weighted by atomic mass is 9.97. The predicted molar refractivity (Wildman–Crippen MR) is 131 cm³/mol. The molecule has 1 N–H and O–H groups in total. The summed E-state index contributed by atoms with van der Waals surface area (Å²) in [5.41, 5.74) is 3.18. The first kappa shape index (κ1) is 21.9. The van der Waals surface area contributed by atoms with Crippen LogP contribution in [-0.2, 0) is 9.53 Å². The average Bonchev–Trinajstić information content (AvgIpc) is 3.21. The van der Waals surface area contributed by atoms with Gasteiger partial charge in [0, 0.05) is 51.0 Å². The molecular weight excluding hydrogens is 454 g/mol. The highest BCUT2D eigenvalue weighted by Crippen LogP contribution is 2.42. The third kappa shape index (κ3) is 3.85. The van der Waals surface area contributed by atoms with Crippen molar-refractivity contribution in [2.24, 2.45) is 5.92 Å². The number of rotatable bonds is 6. The number of benzene rings is 1. The second kappa shape index (κ2) is 8.25. The summed E-state index contributed by atoms with van der Waals surface area (Å²) in [5.74, 6) is 0.445. The first-order valence-electron chi connectivity index (χ1n) is 12.0. The second-order valence-electron chi connectivity index (χ2n) is 10.1. The number of nitrogens with one attached hydrogen (secondary N) is 1. The third-order valence-electron chi connectivity index (χ3n) is 7.52. The summed E-state index contributed by atoms with van der Waals surface area (Å²) in [6.45, 7) is 10.0. The number of carbonyl (C=O) groups excluding carboxylic acids is 1. The summed E-state index contributed by atoms with van der Waals surface area (Å²) in [7, 11) is 0. The summed E-state index contributed by atoms with van der Waals surface area (Å²) < 4.78 is 9.39. The van der Waals surface area contributed by atoms with Crippen LogP contribution in [-0.4, -0.2) is 81.8 Å². The molecule has 0 unspecified atom stereocenters. The van der Waals surface area contributed by atoms with Crippen LogP contribution in [0.2, 0.25) is 5.02 Å². The zero-order valence-corrected chi connectivity index (χ0v) is 20.3. The molecule has 1 saturated carbocycles. The minimum atomic E-state index is 0.0111. The summed E-state index contributed by atoms with van der Waals surface area (Å²) in [4.78, 5) is 16.1. The van der Waals surface area contributed by atoms with E-state index in [0.29, 0.717) is 18.5 Å². The number of fused-ring (bicyclic) bond motifs is 1. The molecule has 0 spiro atoms. The van der Waals surface area contributed by atoms with Gasteiger partial charge in [-0.3, -0.25) is 14.4 Å². The molecule has 1 aliphatic carbocycles. The zero-order chi connectivity index (χ0) is 23.4. The van der Waals surface area contributed by atoms with Gasteiger partial charge in [0.2, 0.25) is 5.91 Å². The van der Waals surface area contributed by atoms with Gasteiger partial charge in [0.1, 0.15) is 5.69 Å². The summed E-state index contributed by atoms with van der Waals surface area (Å²) in [6.07, 6.45) is 6.78. The molecule has 9 nitrogen and oxygen atoms in total. The molecule has 3 fully saturated rings. The van der Waals surface area contributed by atoms with Crippen molar-refractivity contribution in [2.75, 3.05) is 50.8 Å². The van der Waals surface area contributed by atoms with Crippen molar-refractivity contribution >= 4 is 34.1 Å². The number of piperazine rings is 1. The lowest BCUT2D eigenvalue weighted by molar-refractivity contribution is -0.131. The van der Waals surface area contributed by atoms with Gasteiger partial charge in [0.25, 0.3) is 0 Å². The molecule has 3 aliphatic rings. The quantitative estimate of drug-likeness (QED) is 0.580. The number of amides is 1. The Bertz CT molecular complexity index is 1230. The van der Waals surface area contributed by atoms with Crippen molar-refractivity contribution in [1.82, 2.24) is 29.8 Å². The van der Waals surface area contributed by atoms with Crippen LogP contribution in [0.15, 0.2) is 30.7 Å². The normalized spacial score (nSPS) is 24.3. The predicted octanol–water partition coefficient (Wildman–Crippen LogP) is 2.48. The number of ether oxygens (including phenoxy) is 1. The Labute approximate surface area is 203 Å². The first-order chi connectivity index (χ1) is 16.4. The molecule has 0 radical (unpaired) electrons. The fourth-order valence-electron chi connectivity index (χ4n) is 5.22. The summed E-state index contributed by atoms with van der Waals surface area (Å²) in [5, 5.41) is 13.9. The van der Waals surface area contributed by atoms with Gasteiger partial charge in [0.05, 0.1) is 59.6 Å². The zero-order valence-electron chi connectivity index (χ0n) is 19.6. The first-order valence-corrected chi connectivity index (χ1v) is 12.3. The van der Waals surface area contributed by atoms with Crippen molar-refractivity contribution < 1.29 is 9.53 Å². The van der Waals surface area contributed by atoms with Gasteiger partial charge in [-0.15, -0.1) is 0 Å². The van der Waals surface area contributed by atoms with E-state index >= 15 is 0 Å². The Morgan fingerprint density at radius 1 is 1.21 bits per heavy atom. The molecule has 2 aliphatic heterocycles. The van der Waals surface area contributed by atoms with Gasteiger partial charge in [-0.1, -0.05) is 11.6 Å². The number of carbonyl (C=O) groups is 1. The van der Waals surface area contributed by atoms with Crippen LogP contribution in [0.1, 0.15) is 26.3 Å². The maximum absolute atomic E-state index is 11.2. The molecule has 1 aromatic carbocycles. The number of halogens is 1. The van der Waals surface area contributed by atoms with Gasteiger partial charge in [0.15, 0.2) is 0 Å². The molecule has 3 aromatic rings. The minimum absolute atomic E-state index is 0.0111.